The molecule has 1 atom stereocenters. The lowest BCUT2D eigenvalue weighted by Gasteiger charge is -2.18. The van der Waals surface area contributed by atoms with E-state index in [0.717, 1.165) is 0 Å². The van der Waals surface area contributed by atoms with Crippen LogP contribution < -0.4 is 15.8 Å². The van der Waals surface area contributed by atoms with Crippen molar-refractivity contribution >= 4 is 17.8 Å². The van der Waals surface area contributed by atoms with Crippen molar-refractivity contribution in [2.75, 3.05) is 13.7 Å². The Kier molecular flexibility index (Phi) is 8.46. The highest BCUT2D eigenvalue weighted by Gasteiger charge is 2.15. The lowest BCUT2D eigenvalue weighted by molar-refractivity contribution is 0.0552. The summed E-state index contributed by atoms with van der Waals surface area (Å²) in [6, 6.07) is 4.06. The third kappa shape index (κ3) is 9.04. The van der Waals surface area contributed by atoms with Gasteiger partial charge in [0.25, 0.3) is 5.91 Å². The van der Waals surface area contributed by atoms with Crippen molar-refractivity contribution in [3.8, 4) is 11.5 Å². The van der Waals surface area contributed by atoms with Crippen molar-refractivity contribution in [2.24, 2.45) is 10.7 Å². The maximum absolute atomic E-state index is 12.3. The van der Waals surface area contributed by atoms with Crippen LogP contribution in [0.3, 0.4) is 0 Å². The van der Waals surface area contributed by atoms with Gasteiger partial charge in [-0.05, 0) is 45.9 Å². The smallest absolute Gasteiger partial charge is 0.411 e. The van der Waals surface area contributed by atoms with Crippen LogP contribution in [-0.4, -0.2) is 48.4 Å². The molecule has 0 bridgehead atoms. The minimum absolute atomic E-state index is 0.0936. The Morgan fingerprint density at radius 2 is 2.00 bits per heavy atom. The fourth-order valence-electron chi connectivity index (χ4n) is 2.00. The summed E-state index contributed by atoms with van der Waals surface area (Å²) in [6.07, 6.45) is 1.51. The summed E-state index contributed by atoms with van der Waals surface area (Å²) in [5.74, 6) is -0.677. The van der Waals surface area contributed by atoms with Crippen LogP contribution in [0.25, 0.3) is 0 Å². The average molecular weight is 393 g/mol. The highest BCUT2D eigenvalue weighted by atomic mass is 16.6. The SMILES string of the molecule is COC[C@H](C)Oc1cc(O)cc(C(=O)N=C(N)/C=C\NC(=O)OC(C)(C)C)c1. The zero-order chi connectivity index (χ0) is 21.3. The number of aromatic hydroxyl groups is 1. The number of rotatable bonds is 7. The molecule has 1 aromatic carbocycles. The highest BCUT2D eigenvalue weighted by Crippen LogP contribution is 2.23. The number of aliphatic imine (C=N–C) groups is 1. The number of nitrogens with one attached hydrogen (secondary N) is 1. The van der Waals surface area contributed by atoms with Crippen molar-refractivity contribution in [1.29, 1.82) is 0 Å². The molecule has 0 aromatic heterocycles. The molecule has 1 aromatic rings. The standard InChI is InChI=1S/C19H27N3O6/c1-12(11-26-5)27-15-9-13(8-14(23)10-15)17(24)22-16(20)6-7-21-18(25)28-19(2,3)4/h6-10,12,23H,11H2,1-5H3,(H,21,25)(H2,20,22,24)/b7-6-/t12-/m0/s1. The molecule has 9 nitrogen and oxygen atoms in total. The van der Waals surface area contributed by atoms with E-state index in [-0.39, 0.29) is 23.3 Å². The third-order valence-corrected chi connectivity index (χ3v) is 2.96. The number of methoxy groups -OCH3 is 1. The van der Waals surface area contributed by atoms with Gasteiger partial charge in [-0.3, -0.25) is 10.1 Å². The van der Waals surface area contributed by atoms with Crippen LogP contribution in [0, 0.1) is 0 Å². The maximum Gasteiger partial charge on any atom is 0.411 e. The molecule has 2 amide bonds. The summed E-state index contributed by atoms with van der Waals surface area (Å²) < 4.78 is 15.6. The van der Waals surface area contributed by atoms with Gasteiger partial charge < -0.3 is 25.1 Å². The van der Waals surface area contributed by atoms with Gasteiger partial charge in [0.1, 0.15) is 29.0 Å². The molecule has 0 aliphatic rings. The third-order valence-electron chi connectivity index (χ3n) is 2.96. The molecular formula is C19H27N3O6. The molecule has 0 saturated carbocycles. The normalized spacial score (nSPS) is 13.2. The number of carbonyl (C=O) groups excluding carboxylic acids is 2. The summed E-state index contributed by atoms with van der Waals surface area (Å²) in [6.45, 7) is 7.32. The predicted molar refractivity (Wildman–Crippen MR) is 105 cm³/mol. The topological polar surface area (TPSA) is 132 Å². The molecule has 0 aliphatic heterocycles. The maximum atomic E-state index is 12.3. The summed E-state index contributed by atoms with van der Waals surface area (Å²) in [7, 11) is 1.54. The van der Waals surface area contributed by atoms with Crippen molar-refractivity contribution < 1.29 is 28.9 Å². The number of amidine groups is 1. The second-order valence-corrected chi connectivity index (χ2v) is 6.92. The zero-order valence-corrected chi connectivity index (χ0v) is 16.7. The van der Waals surface area contributed by atoms with Crippen LogP contribution in [0.5, 0.6) is 11.5 Å². The van der Waals surface area contributed by atoms with Gasteiger partial charge >= 0.3 is 6.09 Å². The number of phenols is 1. The molecule has 0 spiro atoms. The lowest BCUT2D eigenvalue weighted by Crippen LogP contribution is -2.30. The second-order valence-electron chi connectivity index (χ2n) is 6.92. The van der Waals surface area contributed by atoms with Crippen LogP contribution in [0.15, 0.2) is 35.5 Å². The van der Waals surface area contributed by atoms with Crippen LogP contribution in [0.2, 0.25) is 0 Å². The van der Waals surface area contributed by atoms with E-state index in [2.05, 4.69) is 10.3 Å². The molecule has 0 unspecified atom stereocenters. The van der Waals surface area contributed by atoms with Gasteiger partial charge in [0.2, 0.25) is 0 Å². The molecule has 28 heavy (non-hydrogen) atoms. The molecule has 0 fully saturated rings. The molecule has 0 heterocycles. The Bertz CT molecular complexity index is 753. The Labute approximate surface area is 164 Å². The highest BCUT2D eigenvalue weighted by molar-refractivity contribution is 6.06. The van der Waals surface area contributed by atoms with Crippen molar-refractivity contribution in [3.63, 3.8) is 0 Å². The van der Waals surface area contributed by atoms with Gasteiger partial charge in [-0.1, -0.05) is 0 Å². The number of phenolic OH excluding ortho intramolecular Hbond substituents is 1. The summed E-state index contributed by atoms with van der Waals surface area (Å²) in [5, 5.41) is 12.1. The van der Waals surface area contributed by atoms with Crippen molar-refractivity contribution in [2.45, 2.75) is 39.4 Å². The Morgan fingerprint density at radius 3 is 2.61 bits per heavy atom. The van der Waals surface area contributed by atoms with Gasteiger partial charge in [-0.25, -0.2) is 4.79 Å². The van der Waals surface area contributed by atoms with Gasteiger partial charge in [0.05, 0.1) is 6.61 Å². The number of hydrogen-bond acceptors (Lipinski definition) is 6. The number of nitrogens with two attached hydrogens (primary N) is 1. The first-order valence-corrected chi connectivity index (χ1v) is 8.54. The molecular weight excluding hydrogens is 366 g/mol. The zero-order valence-electron chi connectivity index (χ0n) is 16.7. The van der Waals surface area contributed by atoms with E-state index in [4.69, 9.17) is 19.9 Å². The van der Waals surface area contributed by atoms with Crippen LogP contribution in [-0.2, 0) is 9.47 Å². The van der Waals surface area contributed by atoms with Crippen LogP contribution in [0.4, 0.5) is 4.79 Å². The monoisotopic (exact) mass is 393 g/mol. The second kappa shape index (κ2) is 10.3. The van der Waals surface area contributed by atoms with Crippen LogP contribution in [0.1, 0.15) is 38.1 Å². The van der Waals surface area contributed by atoms with Crippen molar-refractivity contribution in [3.05, 3.63) is 36.0 Å². The molecule has 0 radical (unpaired) electrons. The number of ether oxygens (including phenoxy) is 3. The summed E-state index contributed by atoms with van der Waals surface area (Å²) in [5.41, 5.74) is 5.12. The summed E-state index contributed by atoms with van der Waals surface area (Å²) >= 11 is 0. The first-order chi connectivity index (χ1) is 13.0. The molecule has 1 rings (SSSR count). The minimum Gasteiger partial charge on any atom is -0.508 e. The van der Waals surface area contributed by atoms with E-state index in [9.17, 15) is 14.7 Å². The minimum atomic E-state index is -0.681. The number of hydrogen-bond donors (Lipinski definition) is 3. The van der Waals surface area contributed by atoms with E-state index >= 15 is 0 Å². The Hall–Kier alpha value is -3.07. The first-order valence-electron chi connectivity index (χ1n) is 8.54. The van der Waals surface area contributed by atoms with E-state index in [0.29, 0.717) is 12.4 Å². The number of nitrogens with zero attached hydrogens (tertiary/aromatic N) is 1. The van der Waals surface area contributed by atoms with Gasteiger partial charge in [0, 0.05) is 24.9 Å². The molecule has 0 saturated heterocycles. The predicted octanol–water partition coefficient (Wildman–Crippen LogP) is 2.34. The molecule has 154 valence electrons. The number of alkyl carbamates (subject to hydrolysis) is 1. The van der Waals surface area contributed by atoms with Crippen molar-refractivity contribution in [1.82, 2.24) is 5.32 Å². The molecule has 9 heteroatoms. The number of carbonyl (C=O) groups is 2. The first kappa shape index (κ1) is 23.0. The lowest BCUT2D eigenvalue weighted by atomic mass is 10.2. The number of benzene rings is 1. The van der Waals surface area contributed by atoms with E-state index < -0.39 is 17.6 Å². The molecule has 4 N–H and O–H groups in total. The van der Waals surface area contributed by atoms with Gasteiger partial charge in [-0.2, -0.15) is 4.99 Å². The fourth-order valence-corrected chi connectivity index (χ4v) is 2.00. The van der Waals surface area contributed by atoms with Gasteiger partial charge in [-0.15, -0.1) is 0 Å². The van der Waals surface area contributed by atoms with E-state index in [1.165, 1.54) is 30.5 Å². The Morgan fingerprint density at radius 1 is 1.32 bits per heavy atom. The number of amides is 2. The summed E-state index contributed by atoms with van der Waals surface area (Å²) in [4.78, 5) is 27.5. The van der Waals surface area contributed by atoms with Gasteiger partial charge in [0.15, 0.2) is 0 Å². The van der Waals surface area contributed by atoms with E-state index in [1.807, 2.05) is 0 Å². The quantitative estimate of drug-likeness (QED) is 0.478. The largest absolute Gasteiger partial charge is 0.508 e. The molecule has 0 aliphatic carbocycles. The van der Waals surface area contributed by atoms with Crippen LogP contribution >= 0.6 is 0 Å². The average Bonchev–Trinajstić information content (AvgIpc) is 2.52. The van der Waals surface area contributed by atoms with E-state index in [1.54, 1.807) is 34.8 Å². The Balaban J connectivity index is 2.78. The fraction of sp³-hybridized carbons (Fsp3) is 0.421.